The van der Waals surface area contributed by atoms with Crippen LogP contribution in [0.1, 0.15) is 6.92 Å². The lowest BCUT2D eigenvalue weighted by Gasteiger charge is -2.21. The van der Waals surface area contributed by atoms with Gasteiger partial charge in [0.25, 0.3) is 0 Å². The van der Waals surface area contributed by atoms with Crippen LogP contribution in [0.4, 0.5) is 0 Å². The zero-order valence-corrected chi connectivity index (χ0v) is 7.95. The first-order valence-electron chi connectivity index (χ1n) is 4.56. The molecule has 0 aromatic rings. The van der Waals surface area contributed by atoms with E-state index in [4.69, 9.17) is 15.2 Å². The van der Waals surface area contributed by atoms with Crippen molar-refractivity contribution in [3.63, 3.8) is 0 Å². The Morgan fingerprint density at radius 3 is 3.08 bits per heavy atom. The minimum absolute atomic E-state index is 0.0611. The second-order valence-corrected chi connectivity index (χ2v) is 2.82. The summed E-state index contributed by atoms with van der Waals surface area (Å²) in [5, 5.41) is 2.92. The third-order valence-corrected chi connectivity index (χ3v) is 1.71. The molecule has 1 saturated heterocycles. The highest BCUT2D eigenvalue weighted by atomic mass is 16.6. The van der Waals surface area contributed by atoms with Gasteiger partial charge in [-0.3, -0.25) is 4.99 Å². The molecule has 0 bridgehead atoms. The topological polar surface area (TPSA) is 68.9 Å². The van der Waals surface area contributed by atoms with Crippen LogP contribution < -0.4 is 11.1 Å². The Labute approximate surface area is 78.3 Å². The van der Waals surface area contributed by atoms with E-state index < -0.39 is 0 Å². The number of nitrogens with one attached hydrogen (secondary N) is 1. The van der Waals surface area contributed by atoms with Crippen LogP contribution in [0.3, 0.4) is 0 Å². The molecular weight excluding hydrogens is 170 g/mol. The second-order valence-electron chi connectivity index (χ2n) is 2.82. The lowest BCUT2D eigenvalue weighted by molar-refractivity contribution is -0.0832. The molecule has 1 unspecified atom stereocenters. The van der Waals surface area contributed by atoms with Gasteiger partial charge in [0.05, 0.1) is 26.4 Å². The monoisotopic (exact) mass is 187 g/mol. The van der Waals surface area contributed by atoms with E-state index in [1.807, 2.05) is 6.92 Å². The lowest BCUT2D eigenvalue weighted by atomic mass is 10.3. The maximum Gasteiger partial charge on any atom is 0.188 e. The Hall–Kier alpha value is -0.810. The van der Waals surface area contributed by atoms with E-state index in [9.17, 15) is 0 Å². The number of hydrogen-bond acceptors (Lipinski definition) is 3. The average Bonchev–Trinajstić information content (AvgIpc) is 2.17. The molecule has 1 rings (SSSR count). The van der Waals surface area contributed by atoms with Crippen molar-refractivity contribution in [3.05, 3.63) is 0 Å². The average molecular weight is 187 g/mol. The molecule has 0 aliphatic carbocycles. The predicted molar refractivity (Wildman–Crippen MR) is 50.7 cm³/mol. The van der Waals surface area contributed by atoms with Crippen LogP contribution in [0.15, 0.2) is 4.99 Å². The molecule has 5 nitrogen and oxygen atoms in total. The summed E-state index contributed by atoms with van der Waals surface area (Å²) in [7, 11) is 0. The third kappa shape index (κ3) is 4.10. The highest BCUT2D eigenvalue weighted by Gasteiger charge is 2.13. The SMILES string of the molecule is CCNC(N)=NCC1COCCO1. The maximum atomic E-state index is 5.54. The fraction of sp³-hybridized carbons (Fsp3) is 0.875. The van der Waals surface area contributed by atoms with Crippen LogP contribution in [0.2, 0.25) is 0 Å². The number of nitrogens with zero attached hydrogens (tertiary/aromatic N) is 1. The van der Waals surface area contributed by atoms with Crippen LogP contribution in [0.25, 0.3) is 0 Å². The summed E-state index contributed by atoms with van der Waals surface area (Å²) < 4.78 is 10.6. The van der Waals surface area contributed by atoms with Gasteiger partial charge in [0.15, 0.2) is 5.96 Å². The minimum atomic E-state index is 0.0611. The van der Waals surface area contributed by atoms with Crippen LogP contribution in [-0.2, 0) is 9.47 Å². The van der Waals surface area contributed by atoms with E-state index in [-0.39, 0.29) is 6.10 Å². The Morgan fingerprint density at radius 1 is 1.62 bits per heavy atom. The molecule has 5 heteroatoms. The zero-order valence-electron chi connectivity index (χ0n) is 7.95. The summed E-state index contributed by atoms with van der Waals surface area (Å²) in [6.45, 7) is 5.28. The van der Waals surface area contributed by atoms with Gasteiger partial charge in [-0.2, -0.15) is 0 Å². The maximum absolute atomic E-state index is 5.54. The van der Waals surface area contributed by atoms with Crippen molar-refractivity contribution in [2.45, 2.75) is 13.0 Å². The lowest BCUT2D eigenvalue weighted by Crippen LogP contribution is -2.35. The number of rotatable bonds is 3. The van der Waals surface area contributed by atoms with Crippen molar-refractivity contribution in [2.24, 2.45) is 10.7 Å². The summed E-state index contributed by atoms with van der Waals surface area (Å²) >= 11 is 0. The minimum Gasteiger partial charge on any atom is -0.376 e. The first-order valence-corrected chi connectivity index (χ1v) is 4.56. The largest absolute Gasteiger partial charge is 0.376 e. The molecule has 1 aliphatic rings. The first-order chi connectivity index (χ1) is 6.33. The van der Waals surface area contributed by atoms with Gasteiger partial charge in [-0.15, -0.1) is 0 Å². The fourth-order valence-electron chi connectivity index (χ4n) is 1.08. The Bertz CT molecular complexity index is 167. The van der Waals surface area contributed by atoms with Crippen LogP contribution >= 0.6 is 0 Å². The summed E-state index contributed by atoms with van der Waals surface area (Å²) in [5.41, 5.74) is 5.54. The number of guanidine groups is 1. The summed E-state index contributed by atoms with van der Waals surface area (Å²) in [6.07, 6.45) is 0.0611. The quantitative estimate of drug-likeness (QED) is 0.454. The highest BCUT2D eigenvalue weighted by molar-refractivity contribution is 5.77. The summed E-state index contributed by atoms with van der Waals surface area (Å²) in [5.74, 6) is 0.469. The highest BCUT2D eigenvalue weighted by Crippen LogP contribution is 2.00. The number of nitrogens with two attached hydrogens (primary N) is 1. The second kappa shape index (κ2) is 5.77. The van der Waals surface area contributed by atoms with E-state index in [2.05, 4.69) is 10.3 Å². The third-order valence-electron chi connectivity index (χ3n) is 1.71. The van der Waals surface area contributed by atoms with Crippen LogP contribution in [0, 0.1) is 0 Å². The normalized spacial score (nSPS) is 24.4. The number of aliphatic imine (C=N–C) groups is 1. The first kappa shape index (κ1) is 10.3. The van der Waals surface area contributed by atoms with Gasteiger partial charge in [0, 0.05) is 6.54 Å². The van der Waals surface area contributed by atoms with Gasteiger partial charge in [-0.25, -0.2) is 0 Å². The van der Waals surface area contributed by atoms with Gasteiger partial charge in [0.2, 0.25) is 0 Å². The van der Waals surface area contributed by atoms with E-state index in [1.165, 1.54) is 0 Å². The van der Waals surface area contributed by atoms with Crippen molar-refractivity contribution < 1.29 is 9.47 Å². The summed E-state index contributed by atoms with van der Waals surface area (Å²) in [6, 6.07) is 0. The Morgan fingerprint density at radius 2 is 2.46 bits per heavy atom. The van der Waals surface area contributed by atoms with Gasteiger partial charge >= 0.3 is 0 Å². The molecule has 0 saturated carbocycles. The van der Waals surface area contributed by atoms with Gasteiger partial charge in [-0.1, -0.05) is 0 Å². The van der Waals surface area contributed by atoms with E-state index in [0.29, 0.717) is 32.3 Å². The van der Waals surface area contributed by atoms with Crippen molar-refractivity contribution in [1.82, 2.24) is 5.32 Å². The molecule has 1 atom stereocenters. The van der Waals surface area contributed by atoms with E-state index in [1.54, 1.807) is 0 Å². The molecule has 13 heavy (non-hydrogen) atoms. The molecule has 0 spiro atoms. The van der Waals surface area contributed by atoms with Crippen molar-refractivity contribution in [1.29, 1.82) is 0 Å². The molecule has 0 aromatic carbocycles. The molecule has 1 aliphatic heterocycles. The summed E-state index contributed by atoms with van der Waals surface area (Å²) in [4.78, 5) is 4.12. The molecule has 1 fully saturated rings. The standard InChI is InChI=1S/C8H17N3O2/c1-2-10-8(9)11-5-7-6-12-3-4-13-7/h7H,2-6H2,1H3,(H3,9,10,11). The fourth-order valence-corrected chi connectivity index (χ4v) is 1.08. The predicted octanol–water partition coefficient (Wildman–Crippen LogP) is -0.674. The van der Waals surface area contributed by atoms with Crippen molar-refractivity contribution >= 4 is 5.96 Å². The van der Waals surface area contributed by atoms with Crippen molar-refractivity contribution in [2.75, 3.05) is 32.9 Å². The number of ether oxygens (including phenoxy) is 2. The number of hydrogen-bond donors (Lipinski definition) is 2. The van der Waals surface area contributed by atoms with Crippen molar-refractivity contribution in [3.8, 4) is 0 Å². The molecule has 1 heterocycles. The van der Waals surface area contributed by atoms with Crippen LogP contribution in [-0.4, -0.2) is 45.0 Å². The van der Waals surface area contributed by atoms with Gasteiger partial charge in [-0.05, 0) is 6.92 Å². The van der Waals surface area contributed by atoms with Gasteiger partial charge < -0.3 is 20.5 Å². The molecular formula is C8H17N3O2. The van der Waals surface area contributed by atoms with E-state index in [0.717, 1.165) is 6.54 Å². The smallest absolute Gasteiger partial charge is 0.188 e. The molecule has 0 aromatic heterocycles. The van der Waals surface area contributed by atoms with Gasteiger partial charge in [0.1, 0.15) is 6.10 Å². The molecule has 0 amide bonds. The Balaban J connectivity index is 2.19. The van der Waals surface area contributed by atoms with E-state index >= 15 is 0 Å². The van der Waals surface area contributed by atoms with Crippen LogP contribution in [0.5, 0.6) is 0 Å². The Kier molecular flexibility index (Phi) is 4.56. The molecule has 76 valence electrons. The molecule has 0 radical (unpaired) electrons. The molecule has 3 N–H and O–H groups in total. The zero-order chi connectivity index (χ0) is 9.52.